The molecule has 1 saturated heterocycles. The van der Waals surface area contributed by atoms with Crippen LogP contribution in [0.1, 0.15) is 11.3 Å². The van der Waals surface area contributed by atoms with Crippen LogP contribution in [0.25, 0.3) is 0 Å². The van der Waals surface area contributed by atoms with Crippen molar-refractivity contribution >= 4 is 0 Å². The van der Waals surface area contributed by atoms with E-state index in [2.05, 4.69) is 38.0 Å². The summed E-state index contributed by atoms with van der Waals surface area (Å²) in [4.78, 5) is 0. The first-order valence-electron chi connectivity index (χ1n) is 8.26. The van der Waals surface area contributed by atoms with E-state index in [9.17, 15) is 0 Å². The number of rotatable bonds is 7. The Morgan fingerprint density at radius 1 is 1.24 bits per heavy atom. The maximum Gasteiger partial charge on any atom is 0.157 e. The number of hydrogen-bond acceptors (Lipinski definition) is 6. The highest BCUT2D eigenvalue weighted by Gasteiger charge is 2.30. The summed E-state index contributed by atoms with van der Waals surface area (Å²) in [7, 11) is 0. The number of nitrogens with zero attached hydrogens (tertiary/aromatic N) is 4. The van der Waals surface area contributed by atoms with Gasteiger partial charge in [0.2, 0.25) is 0 Å². The third-order valence-electron chi connectivity index (χ3n) is 4.21. The van der Waals surface area contributed by atoms with Crippen LogP contribution in [-0.4, -0.2) is 50.6 Å². The van der Waals surface area contributed by atoms with Gasteiger partial charge in [0.05, 0.1) is 50.1 Å². The van der Waals surface area contributed by atoms with Crippen molar-refractivity contribution in [1.82, 2.24) is 30.5 Å². The van der Waals surface area contributed by atoms with Crippen LogP contribution in [0.3, 0.4) is 0 Å². The highest BCUT2D eigenvalue weighted by Crippen LogP contribution is 2.16. The van der Waals surface area contributed by atoms with Gasteiger partial charge in [-0.3, -0.25) is 5.10 Å². The summed E-state index contributed by atoms with van der Waals surface area (Å²) in [6.07, 6.45) is 5.14. The summed E-state index contributed by atoms with van der Waals surface area (Å²) in [6.45, 7) is 2.53. The smallest absolute Gasteiger partial charge is 0.157 e. The maximum absolute atomic E-state index is 5.90. The molecule has 2 aromatic heterocycles. The van der Waals surface area contributed by atoms with Crippen molar-refractivity contribution < 1.29 is 9.47 Å². The van der Waals surface area contributed by atoms with Gasteiger partial charge in [-0.2, -0.15) is 5.10 Å². The third kappa shape index (κ3) is 3.86. The van der Waals surface area contributed by atoms with E-state index in [-0.39, 0.29) is 12.1 Å². The lowest BCUT2D eigenvalue weighted by molar-refractivity contribution is 0.139. The predicted octanol–water partition coefficient (Wildman–Crippen LogP) is 0.985. The topological polar surface area (TPSA) is 89.9 Å². The molecule has 3 aromatic rings. The van der Waals surface area contributed by atoms with Crippen LogP contribution < -0.4 is 10.1 Å². The van der Waals surface area contributed by atoms with Gasteiger partial charge in [0.1, 0.15) is 6.10 Å². The van der Waals surface area contributed by atoms with Gasteiger partial charge in [-0.25, -0.2) is 4.68 Å². The van der Waals surface area contributed by atoms with Gasteiger partial charge in [0, 0.05) is 6.54 Å². The van der Waals surface area contributed by atoms with E-state index in [4.69, 9.17) is 9.47 Å². The fraction of sp³-hybridized carbons (Fsp3) is 0.353. The van der Waals surface area contributed by atoms with Crippen molar-refractivity contribution in [3.05, 3.63) is 60.2 Å². The summed E-state index contributed by atoms with van der Waals surface area (Å²) < 4.78 is 13.4. The summed E-state index contributed by atoms with van der Waals surface area (Å²) >= 11 is 0. The third-order valence-corrected chi connectivity index (χ3v) is 4.21. The Morgan fingerprint density at radius 3 is 3.00 bits per heavy atom. The molecule has 0 radical (unpaired) electrons. The maximum atomic E-state index is 5.90. The van der Waals surface area contributed by atoms with Crippen LogP contribution >= 0.6 is 0 Å². The zero-order valence-corrected chi connectivity index (χ0v) is 13.7. The Bertz CT molecular complexity index is 774. The lowest BCUT2D eigenvalue weighted by atomic mass is 10.2. The van der Waals surface area contributed by atoms with Crippen LogP contribution in [-0.2, 0) is 17.8 Å². The van der Waals surface area contributed by atoms with Gasteiger partial charge in [0.25, 0.3) is 0 Å². The summed E-state index contributed by atoms with van der Waals surface area (Å²) in [5, 5.41) is 18.4. The highest BCUT2D eigenvalue weighted by molar-refractivity contribution is 5.15. The van der Waals surface area contributed by atoms with Crippen LogP contribution in [0, 0.1) is 0 Å². The van der Waals surface area contributed by atoms with Gasteiger partial charge >= 0.3 is 0 Å². The molecule has 0 unspecified atom stereocenters. The van der Waals surface area contributed by atoms with Crippen molar-refractivity contribution in [2.45, 2.75) is 25.2 Å². The average molecular weight is 340 g/mol. The number of aromatic nitrogens is 5. The molecule has 1 fully saturated rings. The molecule has 4 rings (SSSR count). The van der Waals surface area contributed by atoms with Crippen molar-refractivity contribution in [2.75, 3.05) is 13.2 Å². The second-order valence-electron chi connectivity index (χ2n) is 5.98. The summed E-state index contributed by atoms with van der Waals surface area (Å²) in [6, 6.07) is 10.3. The number of ether oxygens (including phenoxy) is 2. The molecule has 1 aromatic carbocycles. The number of nitrogens with one attached hydrogen (secondary N) is 2. The van der Waals surface area contributed by atoms with Gasteiger partial charge in [-0.05, 0) is 5.56 Å². The van der Waals surface area contributed by atoms with Crippen molar-refractivity contribution in [1.29, 1.82) is 0 Å². The molecule has 8 nitrogen and oxygen atoms in total. The summed E-state index contributed by atoms with van der Waals surface area (Å²) in [5.74, 6) is 0.720. The minimum atomic E-state index is -0.0453. The molecular weight excluding hydrogens is 320 g/mol. The lowest BCUT2D eigenvalue weighted by Gasteiger charge is -2.19. The standard InChI is InChI=1S/C17H20N6O2/c1-2-4-13(5-3-1)10-23-14(7-21-22-23)6-18-16-11-24-12-17(16)25-15-8-19-20-9-15/h1-5,7-9,16-18H,6,10-12H2,(H,19,20)/t16-,17+/m0/s1. The van der Waals surface area contributed by atoms with Crippen molar-refractivity contribution in [3.8, 4) is 5.75 Å². The van der Waals surface area contributed by atoms with Crippen molar-refractivity contribution in [3.63, 3.8) is 0 Å². The predicted molar refractivity (Wildman–Crippen MR) is 90.0 cm³/mol. The number of aromatic amines is 1. The molecule has 8 heteroatoms. The molecule has 0 aliphatic carbocycles. The Balaban J connectivity index is 1.36. The monoisotopic (exact) mass is 340 g/mol. The highest BCUT2D eigenvalue weighted by atomic mass is 16.5. The van der Waals surface area contributed by atoms with E-state index in [1.54, 1.807) is 18.6 Å². The largest absolute Gasteiger partial charge is 0.483 e. The number of benzene rings is 1. The molecule has 25 heavy (non-hydrogen) atoms. The van der Waals surface area contributed by atoms with Crippen LogP contribution in [0.15, 0.2) is 48.9 Å². The quantitative estimate of drug-likeness (QED) is 0.666. The zero-order valence-electron chi connectivity index (χ0n) is 13.7. The van der Waals surface area contributed by atoms with Crippen molar-refractivity contribution in [2.24, 2.45) is 0 Å². The first kappa shape index (κ1) is 15.8. The Morgan fingerprint density at radius 2 is 2.16 bits per heavy atom. The van der Waals surface area contributed by atoms with E-state index in [0.717, 1.165) is 11.4 Å². The molecule has 130 valence electrons. The average Bonchev–Trinajstić information content (AvgIpc) is 3.38. The molecular formula is C17H20N6O2. The molecule has 2 N–H and O–H groups in total. The molecule has 2 atom stereocenters. The zero-order chi connectivity index (χ0) is 16.9. The van der Waals surface area contributed by atoms with E-state index in [0.29, 0.717) is 26.3 Å². The fourth-order valence-electron chi connectivity index (χ4n) is 2.86. The van der Waals surface area contributed by atoms with Gasteiger partial charge < -0.3 is 14.8 Å². The van der Waals surface area contributed by atoms with Crippen LogP contribution in [0.4, 0.5) is 0 Å². The van der Waals surface area contributed by atoms with E-state index in [1.807, 2.05) is 22.9 Å². The first-order chi connectivity index (χ1) is 12.4. The first-order valence-corrected chi connectivity index (χ1v) is 8.26. The van der Waals surface area contributed by atoms with Gasteiger partial charge in [-0.1, -0.05) is 35.5 Å². The van der Waals surface area contributed by atoms with Gasteiger partial charge in [0.15, 0.2) is 5.75 Å². The van der Waals surface area contributed by atoms with E-state index >= 15 is 0 Å². The number of hydrogen-bond donors (Lipinski definition) is 2. The van der Waals surface area contributed by atoms with E-state index in [1.165, 1.54) is 5.56 Å². The Labute approximate surface area is 145 Å². The minimum Gasteiger partial charge on any atom is -0.483 e. The molecule has 3 heterocycles. The summed E-state index contributed by atoms with van der Waals surface area (Å²) in [5.41, 5.74) is 2.22. The van der Waals surface area contributed by atoms with Crippen LogP contribution in [0.2, 0.25) is 0 Å². The Kier molecular flexibility index (Phi) is 4.71. The molecule has 0 bridgehead atoms. The van der Waals surface area contributed by atoms with Crippen LogP contribution in [0.5, 0.6) is 5.75 Å². The van der Waals surface area contributed by atoms with Gasteiger partial charge in [-0.15, -0.1) is 5.10 Å². The molecule has 1 aliphatic heterocycles. The normalized spacial score (nSPS) is 20.0. The molecule has 0 amide bonds. The molecule has 0 spiro atoms. The molecule has 1 aliphatic rings. The SMILES string of the molecule is c1ccc(Cn2nncc2CN[C@H]2COC[C@H]2Oc2cn[nH]c2)cc1. The second-order valence-corrected chi connectivity index (χ2v) is 5.98. The lowest BCUT2D eigenvalue weighted by Crippen LogP contribution is -2.42. The fourth-order valence-corrected chi connectivity index (χ4v) is 2.86. The Hall–Kier alpha value is -2.71. The second kappa shape index (κ2) is 7.45. The molecule has 0 saturated carbocycles. The minimum absolute atomic E-state index is 0.0453. The van der Waals surface area contributed by atoms with E-state index < -0.39 is 0 Å². The number of H-pyrrole nitrogens is 1.